The minimum absolute atomic E-state index is 0.187. The van der Waals surface area contributed by atoms with Crippen LogP contribution in [0.3, 0.4) is 0 Å². The first kappa shape index (κ1) is 21.6. The number of nitrogens with one attached hydrogen (secondary N) is 2. The number of rotatable bonds is 7. The molecule has 0 bridgehead atoms. The fourth-order valence-corrected chi connectivity index (χ4v) is 3.87. The van der Waals surface area contributed by atoms with Crippen LogP contribution in [-0.4, -0.2) is 40.6 Å². The molecular formula is C25H24N4O5. The number of hydrogen-bond acceptors (Lipinski definition) is 6. The van der Waals surface area contributed by atoms with Crippen LogP contribution in [0.2, 0.25) is 0 Å². The molecule has 34 heavy (non-hydrogen) atoms. The van der Waals surface area contributed by atoms with E-state index in [2.05, 4.69) is 10.6 Å². The highest BCUT2D eigenvalue weighted by Crippen LogP contribution is 2.30. The van der Waals surface area contributed by atoms with Crippen molar-refractivity contribution >= 4 is 28.5 Å². The van der Waals surface area contributed by atoms with Crippen molar-refractivity contribution in [2.75, 3.05) is 18.5 Å². The van der Waals surface area contributed by atoms with E-state index < -0.39 is 6.10 Å². The molecule has 1 unspecified atom stereocenters. The average Bonchev–Trinajstić information content (AvgIpc) is 3.50. The number of aryl methyl sites for hydroxylation is 2. The van der Waals surface area contributed by atoms with Gasteiger partial charge < -0.3 is 29.1 Å². The molecule has 1 aliphatic heterocycles. The van der Waals surface area contributed by atoms with E-state index in [1.54, 1.807) is 18.2 Å². The number of nitrogens with zero attached hydrogens (tertiary/aromatic N) is 2. The second-order valence-electron chi connectivity index (χ2n) is 7.98. The van der Waals surface area contributed by atoms with Crippen LogP contribution in [0.25, 0.3) is 11.0 Å². The molecule has 0 aliphatic carbocycles. The number of aromatic nitrogens is 2. The molecule has 0 fully saturated rings. The van der Waals surface area contributed by atoms with Crippen molar-refractivity contribution in [3.05, 3.63) is 72.4 Å². The van der Waals surface area contributed by atoms with E-state index in [1.165, 1.54) is 6.26 Å². The summed E-state index contributed by atoms with van der Waals surface area (Å²) in [5, 5.41) is 5.73. The van der Waals surface area contributed by atoms with Gasteiger partial charge in [0.1, 0.15) is 12.4 Å². The van der Waals surface area contributed by atoms with Crippen molar-refractivity contribution < 1.29 is 23.5 Å². The Bertz CT molecular complexity index is 1330. The smallest absolute Gasteiger partial charge is 0.291 e. The number of anilines is 1. The Balaban J connectivity index is 1.15. The Morgan fingerprint density at radius 3 is 2.79 bits per heavy atom. The minimum atomic E-state index is -0.666. The monoisotopic (exact) mass is 460 g/mol. The van der Waals surface area contributed by atoms with E-state index in [-0.39, 0.29) is 24.2 Å². The zero-order chi connectivity index (χ0) is 23.5. The van der Waals surface area contributed by atoms with Gasteiger partial charge in [0, 0.05) is 25.7 Å². The Hall–Kier alpha value is -4.27. The van der Waals surface area contributed by atoms with Crippen molar-refractivity contribution in [2.45, 2.75) is 18.9 Å². The molecule has 3 heterocycles. The SMILES string of the molecule is Cn1c(CCCNC(=O)C2COc3ccccc3O2)nc2cc(NC(=O)c3ccco3)ccc21. The number of hydrogen-bond donors (Lipinski definition) is 2. The van der Waals surface area contributed by atoms with E-state index in [0.29, 0.717) is 30.2 Å². The van der Waals surface area contributed by atoms with Crippen molar-refractivity contribution in [2.24, 2.45) is 7.05 Å². The lowest BCUT2D eigenvalue weighted by Gasteiger charge is -2.25. The summed E-state index contributed by atoms with van der Waals surface area (Å²) in [5.74, 6) is 1.86. The Morgan fingerprint density at radius 1 is 1.12 bits per heavy atom. The van der Waals surface area contributed by atoms with Crippen LogP contribution in [0.5, 0.6) is 11.5 Å². The number of amides is 2. The molecule has 0 saturated carbocycles. The number of para-hydroxylation sites is 2. The maximum absolute atomic E-state index is 12.5. The van der Waals surface area contributed by atoms with Crippen molar-refractivity contribution in [3.63, 3.8) is 0 Å². The fraction of sp³-hybridized carbons (Fsp3) is 0.240. The van der Waals surface area contributed by atoms with Crippen molar-refractivity contribution in [1.82, 2.24) is 14.9 Å². The third-order valence-corrected chi connectivity index (χ3v) is 5.65. The number of fused-ring (bicyclic) bond motifs is 2. The molecule has 1 aliphatic rings. The molecule has 0 saturated heterocycles. The van der Waals surface area contributed by atoms with Gasteiger partial charge in [0.15, 0.2) is 17.3 Å². The Morgan fingerprint density at radius 2 is 1.97 bits per heavy atom. The fourth-order valence-electron chi connectivity index (χ4n) is 3.87. The molecule has 2 N–H and O–H groups in total. The topological polar surface area (TPSA) is 108 Å². The maximum atomic E-state index is 12.5. The number of carbonyl (C=O) groups excluding carboxylic acids is 2. The van der Waals surface area contributed by atoms with Crippen LogP contribution < -0.4 is 20.1 Å². The molecular weight excluding hydrogens is 436 g/mol. The molecule has 5 rings (SSSR count). The maximum Gasteiger partial charge on any atom is 0.291 e. The Labute approximate surface area is 195 Å². The molecule has 9 heteroatoms. The van der Waals surface area contributed by atoms with Crippen LogP contribution in [0.15, 0.2) is 65.3 Å². The van der Waals surface area contributed by atoms with Crippen LogP contribution in [0, 0.1) is 0 Å². The molecule has 9 nitrogen and oxygen atoms in total. The van der Waals surface area contributed by atoms with Crippen LogP contribution in [0.4, 0.5) is 5.69 Å². The number of carbonyl (C=O) groups is 2. The summed E-state index contributed by atoms with van der Waals surface area (Å²) in [4.78, 5) is 29.4. The average molecular weight is 460 g/mol. The summed E-state index contributed by atoms with van der Waals surface area (Å²) >= 11 is 0. The lowest BCUT2D eigenvalue weighted by atomic mass is 10.2. The van der Waals surface area contributed by atoms with Gasteiger partial charge in [-0.3, -0.25) is 9.59 Å². The van der Waals surface area contributed by atoms with E-state index >= 15 is 0 Å². The second-order valence-corrected chi connectivity index (χ2v) is 7.98. The highest BCUT2D eigenvalue weighted by Gasteiger charge is 2.26. The predicted octanol–water partition coefficient (Wildman–Crippen LogP) is 3.31. The lowest BCUT2D eigenvalue weighted by Crippen LogP contribution is -2.44. The summed E-state index contributed by atoms with van der Waals surface area (Å²) in [5.41, 5.74) is 2.38. The first-order valence-electron chi connectivity index (χ1n) is 11.0. The molecule has 0 spiro atoms. The third-order valence-electron chi connectivity index (χ3n) is 5.65. The zero-order valence-electron chi connectivity index (χ0n) is 18.6. The van der Waals surface area contributed by atoms with E-state index in [0.717, 1.165) is 23.3 Å². The van der Waals surface area contributed by atoms with Gasteiger partial charge in [-0.2, -0.15) is 0 Å². The summed E-state index contributed by atoms with van der Waals surface area (Å²) in [7, 11) is 1.95. The highest BCUT2D eigenvalue weighted by molar-refractivity contribution is 6.03. The quantitative estimate of drug-likeness (QED) is 0.410. The Kier molecular flexibility index (Phi) is 5.90. The summed E-state index contributed by atoms with van der Waals surface area (Å²) in [6.45, 7) is 0.681. The van der Waals surface area contributed by atoms with Gasteiger partial charge in [-0.1, -0.05) is 12.1 Å². The van der Waals surface area contributed by atoms with Crippen LogP contribution in [-0.2, 0) is 18.3 Å². The van der Waals surface area contributed by atoms with Gasteiger partial charge in [0.2, 0.25) is 6.10 Å². The molecule has 174 valence electrons. The lowest BCUT2D eigenvalue weighted by molar-refractivity contribution is -0.130. The molecule has 2 amide bonds. The minimum Gasteiger partial charge on any atom is -0.485 e. The predicted molar refractivity (Wildman–Crippen MR) is 125 cm³/mol. The third kappa shape index (κ3) is 4.45. The van der Waals surface area contributed by atoms with Gasteiger partial charge in [-0.05, 0) is 48.9 Å². The normalized spacial score (nSPS) is 14.7. The van der Waals surface area contributed by atoms with Crippen LogP contribution in [0.1, 0.15) is 22.8 Å². The van der Waals surface area contributed by atoms with Gasteiger partial charge >= 0.3 is 0 Å². The zero-order valence-corrected chi connectivity index (χ0v) is 18.6. The highest BCUT2D eigenvalue weighted by atomic mass is 16.6. The second kappa shape index (κ2) is 9.30. The van der Waals surface area contributed by atoms with Gasteiger partial charge in [-0.15, -0.1) is 0 Å². The summed E-state index contributed by atoms with van der Waals surface area (Å²) in [6, 6.07) is 16.2. The number of imidazole rings is 1. The summed E-state index contributed by atoms with van der Waals surface area (Å²) in [6.07, 6.45) is 2.19. The first-order chi connectivity index (χ1) is 16.6. The van der Waals surface area contributed by atoms with E-state index in [4.69, 9.17) is 18.9 Å². The van der Waals surface area contributed by atoms with Crippen molar-refractivity contribution in [3.8, 4) is 11.5 Å². The van der Waals surface area contributed by atoms with E-state index in [9.17, 15) is 9.59 Å². The van der Waals surface area contributed by atoms with Crippen LogP contribution >= 0.6 is 0 Å². The number of furan rings is 1. The first-order valence-corrected chi connectivity index (χ1v) is 11.0. The molecule has 2 aromatic heterocycles. The van der Waals surface area contributed by atoms with Gasteiger partial charge in [-0.25, -0.2) is 4.98 Å². The standard InChI is InChI=1S/C25H24N4O5/c1-29-18-11-10-16(27-25(31)21-8-5-13-32-21)14-17(18)28-23(29)9-4-12-26-24(30)22-15-33-19-6-2-3-7-20(19)34-22/h2-3,5-8,10-11,13-14,22H,4,9,12,15H2,1H3,(H,26,30)(H,27,31). The van der Waals surface area contributed by atoms with Gasteiger partial charge in [0.25, 0.3) is 11.8 Å². The number of benzene rings is 2. The largest absolute Gasteiger partial charge is 0.485 e. The van der Waals surface area contributed by atoms with Crippen molar-refractivity contribution in [1.29, 1.82) is 0 Å². The van der Waals surface area contributed by atoms with E-state index in [1.807, 2.05) is 48.0 Å². The molecule has 4 aromatic rings. The molecule has 1 atom stereocenters. The number of ether oxygens (including phenoxy) is 2. The molecule has 2 aromatic carbocycles. The van der Waals surface area contributed by atoms with Gasteiger partial charge in [0.05, 0.1) is 17.3 Å². The summed E-state index contributed by atoms with van der Waals surface area (Å²) < 4.78 is 18.5. The molecule has 0 radical (unpaired) electrons.